The average Bonchev–Trinajstić information content (AvgIpc) is 2.81. The average molecular weight is 428 g/mol. The number of nitrogens with two attached hydrogens (primary N) is 1. The molecule has 0 aromatic heterocycles. The van der Waals surface area contributed by atoms with E-state index in [1.807, 2.05) is 26.0 Å². The number of benzene rings is 1. The Morgan fingerprint density at radius 2 is 2.03 bits per heavy atom. The van der Waals surface area contributed by atoms with Gasteiger partial charge in [0.15, 0.2) is 11.5 Å². The first-order valence-corrected chi connectivity index (χ1v) is 10.2. The Morgan fingerprint density at radius 1 is 1.33 bits per heavy atom. The quantitative estimate of drug-likeness (QED) is 0.671. The maximum absolute atomic E-state index is 13.4. The van der Waals surface area contributed by atoms with Crippen molar-refractivity contribution in [2.24, 2.45) is 23.5 Å². The summed E-state index contributed by atoms with van der Waals surface area (Å²) in [6.07, 6.45) is -0.816. The lowest BCUT2D eigenvalue weighted by atomic mass is 9.79. The van der Waals surface area contributed by atoms with Gasteiger partial charge in [-0.2, -0.15) is 0 Å². The van der Waals surface area contributed by atoms with E-state index in [0.29, 0.717) is 31.0 Å². The molecule has 3 rings (SSSR count). The van der Waals surface area contributed by atoms with E-state index < -0.39 is 43.6 Å². The van der Waals surface area contributed by atoms with Gasteiger partial charge >= 0.3 is 5.97 Å². The van der Waals surface area contributed by atoms with Crippen LogP contribution in [0.1, 0.15) is 69.9 Å². The lowest BCUT2D eigenvalue weighted by Crippen LogP contribution is -2.51. The van der Waals surface area contributed by atoms with Crippen molar-refractivity contribution in [3.63, 3.8) is 0 Å². The molecule has 4 atom stereocenters. The first kappa shape index (κ1) is 13.6. The van der Waals surface area contributed by atoms with E-state index in [2.05, 4.69) is 4.90 Å². The number of fused-ring (bicyclic) bond motifs is 3. The van der Waals surface area contributed by atoms with Crippen molar-refractivity contribution in [2.75, 3.05) is 27.3 Å². The number of carbonyl (C=O) groups is 1. The number of rotatable bonds is 7. The Balaban J connectivity index is 2.05. The van der Waals surface area contributed by atoms with Crippen LogP contribution in [0.2, 0.25) is 0 Å². The minimum absolute atomic E-state index is 0.0405. The van der Waals surface area contributed by atoms with Crippen LogP contribution < -0.4 is 15.2 Å². The van der Waals surface area contributed by atoms with Crippen LogP contribution >= 0.6 is 0 Å². The van der Waals surface area contributed by atoms with Gasteiger partial charge in [-0.1, -0.05) is 27.6 Å². The van der Waals surface area contributed by atoms with Crippen LogP contribution in [-0.4, -0.2) is 50.3 Å². The molecule has 168 valence electrons. The van der Waals surface area contributed by atoms with Crippen LogP contribution in [-0.2, 0) is 16.0 Å². The summed E-state index contributed by atoms with van der Waals surface area (Å²) in [7, 11) is 3.05. The van der Waals surface area contributed by atoms with Gasteiger partial charge in [0.2, 0.25) is 0 Å². The SMILES string of the molecule is [2H]C1(OC(=O)[C@@]([2H])(N)C([2H])(C([2H])([2H])[2H])C([2H])([2H])[2H])CC2c3cc(OC)c(OC)cc3CCN2CC1CC(C)C. The van der Waals surface area contributed by atoms with Crippen LogP contribution in [0.25, 0.3) is 0 Å². The molecule has 2 N–H and O–H groups in total. The number of hydrogen-bond acceptors (Lipinski definition) is 6. The van der Waals surface area contributed by atoms with Gasteiger partial charge in [0, 0.05) is 41.1 Å². The molecule has 1 aromatic rings. The molecule has 6 nitrogen and oxygen atoms in total. The molecule has 0 aliphatic carbocycles. The second kappa shape index (κ2) is 9.56. The maximum Gasteiger partial charge on any atom is 0.323 e. The molecular weight excluding hydrogens is 380 g/mol. The van der Waals surface area contributed by atoms with E-state index in [1.165, 1.54) is 14.2 Å². The molecule has 2 heterocycles. The fourth-order valence-corrected chi connectivity index (χ4v) is 4.46. The maximum atomic E-state index is 13.4. The predicted molar refractivity (Wildman–Crippen MR) is 118 cm³/mol. The Morgan fingerprint density at radius 3 is 2.67 bits per heavy atom. The molecule has 6 heteroatoms. The van der Waals surface area contributed by atoms with Gasteiger partial charge in [0.05, 0.1) is 17.0 Å². The van der Waals surface area contributed by atoms with Crippen molar-refractivity contribution in [3.05, 3.63) is 23.3 Å². The number of carbonyl (C=O) groups excluding carboxylic acids is 1. The summed E-state index contributed by atoms with van der Waals surface area (Å²) in [5.41, 5.74) is 7.61. The summed E-state index contributed by atoms with van der Waals surface area (Å²) in [6, 6.07) is -0.200. The lowest BCUT2D eigenvalue weighted by molar-refractivity contribution is -0.160. The van der Waals surface area contributed by atoms with Gasteiger partial charge in [-0.3, -0.25) is 9.69 Å². The lowest BCUT2D eigenvalue weighted by Gasteiger charge is -2.47. The highest BCUT2D eigenvalue weighted by Crippen LogP contribution is 2.44. The molecule has 0 bridgehead atoms. The zero-order valence-corrected chi connectivity index (χ0v) is 18.1. The number of esters is 1. The third-order valence-electron chi connectivity index (χ3n) is 5.89. The van der Waals surface area contributed by atoms with E-state index in [-0.39, 0.29) is 18.4 Å². The number of hydrogen-bond donors (Lipinski definition) is 1. The first-order valence-electron chi connectivity index (χ1n) is 14.7. The van der Waals surface area contributed by atoms with Crippen molar-refractivity contribution < 1.29 is 31.3 Å². The Bertz CT molecular complexity index is 1060. The second-order valence-electron chi connectivity index (χ2n) is 8.34. The third kappa shape index (κ3) is 4.75. The van der Waals surface area contributed by atoms with Crippen molar-refractivity contribution >= 4 is 5.97 Å². The van der Waals surface area contributed by atoms with E-state index >= 15 is 0 Å². The summed E-state index contributed by atoms with van der Waals surface area (Å²) in [6.45, 7) is -2.30. The molecular formula is C24H38N2O4. The fourth-order valence-electron chi connectivity index (χ4n) is 4.46. The van der Waals surface area contributed by atoms with E-state index in [4.69, 9.17) is 30.9 Å². The monoisotopic (exact) mass is 427 g/mol. The molecule has 0 radical (unpaired) electrons. The van der Waals surface area contributed by atoms with Crippen LogP contribution in [0, 0.1) is 17.7 Å². The van der Waals surface area contributed by atoms with Crippen LogP contribution in [0.15, 0.2) is 12.1 Å². The number of methoxy groups -OCH3 is 2. The molecule has 0 saturated carbocycles. The molecule has 30 heavy (non-hydrogen) atoms. The smallest absolute Gasteiger partial charge is 0.323 e. The Hall–Kier alpha value is -1.79. The summed E-state index contributed by atoms with van der Waals surface area (Å²) in [5.74, 6) is -4.81. The standard InChI is InChI=1S/C24H38N2O4/c1-14(2)9-17-13-26-8-7-16-10-21(28-5)22(29-6)11-18(16)19(26)12-20(17)30-24(27)23(25)15(3)4/h10-11,14-15,17,19-20,23H,7-9,12-13,25H2,1-6H3/t17?,19?,20?,23-/m0/s1/i3D3,4D3,15D,20D,23D. The van der Waals surface area contributed by atoms with Crippen LogP contribution in [0.5, 0.6) is 11.5 Å². The minimum atomic E-state index is -3.70. The predicted octanol–water partition coefficient (Wildman–Crippen LogP) is 3.56. The summed E-state index contributed by atoms with van der Waals surface area (Å²) < 4.78 is 88.5. The van der Waals surface area contributed by atoms with Gasteiger partial charge in [0.1, 0.15) is 12.1 Å². The van der Waals surface area contributed by atoms with Crippen LogP contribution in [0.4, 0.5) is 0 Å². The van der Waals surface area contributed by atoms with E-state index in [0.717, 1.165) is 17.5 Å². The minimum Gasteiger partial charge on any atom is -0.493 e. The third-order valence-corrected chi connectivity index (χ3v) is 5.89. The Labute approximate surface area is 193 Å². The molecule has 1 saturated heterocycles. The van der Waals surface area contributed by atoms with E-state index in [9.17, 15) is 6.17 Å². The number of nitrogens with zero attached hydrogens (tertiary/aromatic N) is 1. The summed E-state index contributed by atoms with van der Waals surface area (Å²) in [4.78, 5) is 15.6. The van der Waals surface area contributed by atoms with Gasteiger partial charge in [-0.25, -0.2) is 0 Å². The van der Waals surface area contributed by atoms with Gasteiger partial charge in [-0.15, -0.1) is 0 Å². The van der Waals surface area contributed by atoms with Crippen molar-refractivity contribution in [1.29, 1.82) is 0 Å². The molecule has 0 spiro atoms. The molecule has 3 unspecified atom stereocenters. The molecule has 1 aromatic carbocycles. The molecule has 2 aliphatic rings. The first-order chi connectivity index (χ1) is 17.7. The topological polar surface area (TPSA) is 74.0 Å². The number of piperidine rings is 1. The summed E-state index contributed by atoms with van der Waals surface area (Å²) in [5, 5.41) is 0. The highest BCUT2D eigenvalue weighted by molar-refractivity contribution is 5.76. The number of ether oxygens (including phenoxy) is 3. The van der Waals surface area contributed by atoms with Gasteiger partial charge in [0.25, 0.3) is 0 Å². The summed E-state index contributed by atoms with van der Waals surface area (Å²) >= 11 is 0. The van der Waals surface area contributed by atoms with Crippen molar-refractivity contribution in [3.8, 4) is 11.5 Å². The van der Waals surface area contributed by atoms with Crippen molar-refractivity contribution in [1.82, 2.24) is 4.90 Å². The zero-order valence-electron chi connectivity index (χ0n) is 27.1. The van der Waals surface area contributed by atoms with Gasteiger partial charge < -0.3 is 19.9 Å². The normalized spacial score (nSPS) is 34.0. The highest BCUT2D eigenvalue weighted by atomic mass is 16.5. The molecule has 2 aliphatic heterocycles. The zero-order chi connectivity index (χ0) is 29.8. The van der Waals surface area contributed by atoms with Crippen molar-refractivity contribution in [2.45, 2.75) is 65.0 Å². The highest BCUT2D eigenvalue weighted by Gasteiger charge is 2.41. The van der Waals surface area contributed by atoms with Gasteiger partial charge in [-0.05, 0) is 47.9 Å². The molecule has 0 amide bonds. The second-order valence-corrected chi connectivity index (χ2v) is 8.34. The molecule has 1 fully saturated rings. The Kier molecular flexibility index (Phi) is 4.33. The van der Waals surface area contributed by atoms with E-state index in [1.54, 1.807) is 0 Å². The largest absolute Gasteiger partial charge is 0.493 e. The fraction of sp³-hybridized carbons (Fsp3) is 0.708. The van der Waals surface area contributed by atoms with Crippen LogP contribution in [0.3, 0.4) is 0 Å².